The number of hydrogen-bond donors (Lipinski definition) is 1. The van der Waals surface area contributed by atoms with Crippen molar-refractivity contribution in [3.63, 3.8) is 0 Å². The number of phenolic OH excluding ortho intramolecular Hbond substituents is 1. The average Bonchev–Trinajstić information content (AvgIpc) is 2.50. The molecule has 0 heterocycles. The van der Waals surface area contributed by atoms with Gasteiger partial charge in [-0.05, 0) is 31.0 Å². The van der Waals surface area contributed by atoms with E-state index in [-0.39, 0.29) is 17.8 Å². The first-order valence-electron chi connectivity index (χ1n) is 8.62. The lowest BCUT2D eigenvalue weighted by atomic mass is 10.1. The first-order chi connectivity index (χ1) is 10.6. The molecule has 1 unspecified atom stereocenters. The second kappa shape index (κ2) is 11.1. The van der Waals surface area contributed by atoms with Crippen molar-refractivity contribution in [2.75, 3.05) is 0 Å². The number of phenols is 1. The topological polar surface area (TPSA) is 46.5 Å². The maximum absolute atomic E-state index is 11.8. The molecule has 0 amide bonds. The van der Waals surface area contributed by atoms with Gasteiger partial charge in [-0.3, -0.25) is 4.79 Å². The lowest BCUT2D eigenvalue weighted by Crippen LogP contribution is -2.08. The third kappa shape index (κ3) is 8.06. The van der Waals surface area contributed by atoms with Gasteiger partial charge in [-0.15, -0.1) is 0 Å². The van der Waals surface area contributed by atoms with Crippen LogP contribution in [-0.2, 0) is 9.53 Å². The third-order valence-electron chi connectivity index (χ3n) is 3.91. The highest BCUT2D eigenvalue weighted by Gasteiger charge is 2.11. The first-order valence-corrected chi connectivity index (χ1v) is 8.62. The third-order valence-corrected chi connectivity index (χ3v) is 3.91. The van der Waals surface area contributed by atoms with Crippen LogP contribution < -0.4 is 0 Å². The van der Waals surface area contributed by atoms with Crippen molar-refractivity contribution < 1.29 is 14.6 Å². The van der Waals surface area contributed by atoms with Crippen molar-refractivity contribution in [1.82, 2.24) is 0 Å². The summed E-state index contributed by atoms with van der Waals surface area (Å²) in [6.45, 7) is 4.09. The van der Waals surface area contributed by atoms with E-state index < -0.39 is 0 Å². The summed E-state index contributed by atoms with van der Waals surface area (Å²) in [7, 11) is 0. The number of rotatable bonds is 11. The van der Waals surface area contributed by atoms with Crippen molar-refractivity contribution in [2.45, 2.75) is 77.7 Å². The summed E-state index contributed by atoms with van der Waals surface area (Å²) in [6.07, 6.45) is 10.0. The molecule has 3 heteroatoms. The van der Waals surface area contributed by atoms with Crippen molar-refractivity contribution >= 4 is 5.97 Å². The van der Waals surface area contributed by atoms with Crippen molar-refractivity contribution in [2.24, 2.45) is 0 Å². The fourth-order valence-corrected chi connectivity index (χ4v) is 2.47. The van der Waals surface area contributed by atoms with E-state index in [1.165, 1.54) is 38.5 Å². The number of hydrogen-bond acceptors (Lipinski definition) is 3. The van der Waals surface area contributed by atoms with Crippen LogP contribution >= 0.6 is 0 Å². The highest BCUT2D eigenvalue weighted by atomic mass is 16.5. The van der Waals surface area contributed by atoms with Gasteiger partial charge in [0.2, 0.25) is 0 Å². The fourth-order valence-electron chi connectivity index (χ4n) is 2.47. The second-order valence-corrected chi connectivity index (χ2v) is 5.95. The van der Waals surface area contributed by atoms with E-state index in [1.807, 2.05) is 6.92 Å². The average molecular weight is 306 g/mol. The van der Waals surface area contributed by atoms with Crippen LogP contribution in [0.4, 0.5) is 0 Å². The maximum Gasteiger partial charge on any atom is 0.306 e. The van der Waals surface area contributed by atoms with Gasteiger partial charge in [-0.1, -0.05) is 64.0 Å². The predicted molar refractivity (Wildman–Crippen MR) is 89.8 cm³/mol. The minimum atomic E-state index is -0.262. The Hall–Kier alpha value is -1.51. The Balaban J connectivity index is 2.09. The molecule has 1 rings (SSSR count). The molecule has 0 bridgehead atoms. The van der Waals surface area contributed by atoms with Gasteiger partial charge < -0.3 is 9.84 Å². The molecule has 0 radical (unpaired) electrons. The second-order valence-electron chi connectivity index (χ2n) is 5.95. The fraction of sp³-hybridized carbons (Fsp3) is 0.632. The number of benzene rings is 1. The Bertz CT molecular complexity index is 411. The quantitative estimate of drug-likeness (QED) is 0.432. The summed E-state index contributed by atoms with van der Waals surface area (Å²) in [5, 5.41) is 9.25. The molecular formula is C19H30O3. The molecule has 0 spiro atoms. The Morgan fingerprint density at radius 3 is 2.14 bits per heavy atom. The molecule has 0 aliphatic rings. The Kier molecular flexibility index (Phi) is 9.36. The number of carbonyl (C=O) groups excluding carboxylic acids is 1. The van der Waals surface area contributed by atoms with Gasteiger partial charge in [-0.25, -0.2) is 0 Å². The van der Waals surface area contributed by atoms with E-state index >= 15 is 0 Å². The highest BCUT2D eigenvalue weighted by Crippen LogP contribution is 2.20. The largest absolute Gasteiger partial charge is 0.508 e. The molecule has 0 aliphatic carbocycles. The minimum Gasteiger partial charge on any atom is -0.508 e. The van der Waals surface area contributed by atoms with E-state index in [4.69, 9.17) is 4.74 Å². The van der Waals surface area contributed by atoms with Gasteiger partial charge in [0.05, 0.1) is 0 Å². The van der Waals surface area contributed by atoms with Gasteiger partial charge in [0.25, 0.3) is 0 Å². The number of ether oxygens (including phenoxy) is 1. The molecule has 0 fully saturated rings. The van der Waals surface area contributed by atoms with Crippen LogP contribution in [0.2, 0.25) is 0 Å². The summed E-state index contributed by atoms with van der Waals surface area (Å²) in [5.74, 6) is 0.0905. The standard InChI is InChI=1S/C19H30O3/c1-3-4-5-6-7-8-9-10-11-19(21)22-16(2)17-12-14-18(20)15-13-17/h12-16,20H,3-11H2,1-2H3. The molecule has 0 aromatic heterocycles. The van der Waals surface area contributed by atoms with Gasteiger partial charge in [-0.2, -0.15) is 0 Å². The molecule has 1 N–H and O–H groups in total. The zero-order chi connectivity index (χ0) is 16.2. The van der Waals surface area contributed by atoms with Crippen LogP contribution in [0.1, 0.15) is 83.3 Å². The van der Waals surface area contributed by atoms with Crippen LogP contribution in [0.25, 0.3) is 0 Å². The smallest absolute Gasteiger partial charge is 0.306 e. The van der Waals surface area contributed by atoms with Gasteiger partial charge >= 0.3 is 5.97 Å². The Labute approximate surface area is 134 Å². The number of carbonyl (C=O) groups is 1. The maximum atomic E-state index is 11.8. The normalized spacial score (nSPS) is 12.1. The van der Waals surface area contributed by atoms with Gasteiger partial charge in [0.15, 0.2) is 0 Å². The van der Waals surface area contributed by atoms with E-state index in [0.717, 1.165) is 18.4 Å². The molecule has 3 nitrogen and oxygen atoms in total. The lowest BCUT2D eigenvalue weighted by Gasteiger charge is -2.13. The van der Waals surface area contributed by atoms with Crippen LogP contribution in [0.15, 0.2) is 24.3 Å². The van der Waals surface area contributed by atoms with E-state index in [9.17, 15) is 9.90 Å². The number of unbranched alkanes of at least 4 members (excludes halogenated alkanes) is 7. The molecule has 0 aliphatic heterocycles. The highest BCUT2D eigenvalue weighted by molar-refractivity contribution is 5.69. The molecule has 124 valence electrons. The summed E-state index contributed by atoms with van der Waals surface area (Å²) in [6, 6.07) is 6.78. The summed E-state index contributed by atoms with van der Waals surface area (Å²) in [4.78, 5) is 11.8. The van der Waals surface area contributed by atoms with Crippen LogP contribution in [-0.4, -0.2) is 11.1 Å². The molecule has 1 aromatic carbocycles. The van der Waals surface area contributed by atoms with E-state index in [1.54, 1.807) is 24.3 Å². The molecule has 1 atom stereocenters. The zero-order valence-electron chi connectivity index (χ0n) is 14.0. The molecule has 0 saturated heterocycles. The monoisotopic (exact) mass is 306 g/mol. The van der Waals surface area contributed by atoms with Crippen molar-refractivity contribution in [1.29, 1.82) is 0 Å². The SMILES string of the molecule is CCCCCCCCCCC(=O)OC(C)c1ccc(O)cc1. The molecule has 22 heavy (non-hydrogen) atoms. The van der Waals surface area contributed by atoms with Crippen LogP contribution in [0, 0.1) is 0 Å². The lowest BCUT2D eigenvalue weighted by molar-refractivity contribution is -0.148. The van der Waals surface area contributed by atoms with Crippen molar-refractivity contribution in [3.8, 4) is 5.75 Å². The summed E-state index contributed by atoms with van der Waals surface area (Å²) < 4.78 is 5.42. The van der Waals surface area contributed by atoms with Crippen LogP contribution in [0.3, 0.4) is 0 Å². The predicted octanol–water partition coefficient (Wildman–Crippen LogP) is 5.53. The number of aromatic hydroxyl groups is 1. The molecular weight excluding hydrogens is 276 g/mol. The summed E-state index contributed by atoms with van der Waals surface area (Å²) in [5.41, 5.74) is 0.905. The first kappa shape index (κ1) is 18.5. The van der Waals surface area contributed by atoms with Crippen LogP contribution in [0.5, 0.6) is 5.75 Å². The molecule has 0 saturated carbocycles. The Morgan fingerprint density at radius 2 is 1.55 bits per heavy atom. The van der Waals surface area contributed by atoms with Crippen molar-refractivity contribution in [3.05, 3.63) is 29.8 Å². The van der Waals surface area contributed by atoms with Gasteiger partial charge in [0, 0.05) is 6.42 Å². The van der Waals surface area contributed by atoms with E-state index in [0.29, 0.717) is 6.42 Å². The number of esters is 1. The van der Waals surface area contributed by atoms with E-state index in [2.05, 4.69) is 6.92 Å². The Morgan fingerprint density at radius 1 is 1.00 bits per heavy atom. The van der Waals surface area contributed by atoms with Gasteiger partial charge in [0.1, 0.15) is 11.9 Å². The zero-order valence-corrected chi connectivity index (χ0v) is 14.0. The molecule has 1 aromatic rings. The minimum absolute atomic E-state index is 0.133. The summed E-state index contributed by atoms with van der Waals surface area (Å²) >= 11 is 0.